The van der Waals surface area contributed by atoms with Crippen molar-refractivity contribution in [3.05, 3.63) is 76.3 Å². The summed E-state index contributed by atoms with van der Waals surface area (Å²) in [6.07, 6.45) is 5.62. The number of ether oxygens (including phenoxy) is 1. The smallest absolute Gasteiger partial charge is 0.305 e. The molecule has 1 aliphatic rings. The lowest BCUT2D eigenvalue weighted by Gasteiger charge is -2.33. The average Bonchev–Trinajstić information content (AvgIpc) is 3.53. The SMILES string of the molecule is CCc1cc(CN(CC2CCCC2)C(CC(=O)O)c2ccc(Cl)cc2)ccc1OCCn1c(O)ccc1O. The van der Waals surface area contributed by atoms with E-state index in [4.69, 9.17) is 16.3 Å². The van der Waals surface area contributed by atoms with Gasteiger partial charge in [0.05, 0.1) is 13.0 Å². The van der Waals surface area contributed by atoms with E-state index in [0.29, 0.717) is 30.6 Å². The molecule has 8 heteroatoms. The number of nitrogens with zero attached hydrogens (tertiary/aromatic N) is 2. The fourth-order valence-electron chi connectivity index (χ4n) is 5.44. The molecule has 1 saturated carbocycles. The fraction of sp³-hybridized carbons (Fsp3) is 0.433. The van der Waals surface area contributed by atoms with Gasteiger partial charge in [-0.05, 0) is 60.1 Å². The number of hydrogen-bond donors (Lipinski definition) is 3. The second-order valence-corrected chi connectivity index (χ2v) is 10.5. The van der Waals surface area contributed by atoms with Crippen LogP contribution in [0.25, 0.3) is 0 Å². The van der Waals surface area contributed by atoms with Crippen molar-refractivity contribution in [2.24, 2.45) is 5.92 Å². The lowest BCUT2D eigenvalue weighted by atomic mass is 9.98. The summed E-state index contributed by atoms with van der Waals surface area (Å²) in [4.78, 5) is 14.2. The normalized spacial score (nSPS) is 14.7. The van der Waals surface area contributed by atoms with Crippen molar-refractivity contribution in [2.75, 3.05) is 13.2 Å². The van der Waals surface area contributed by atoms with Gasteiger partial charge in [0.15, 0.2) is 11.8 Å². The van der Waals surface area contributed by atoms with Gasteiger partial charge in [0, 0.05) is 36.3 Å². The number of aryl methyl sites for hydroxylation is 1. The number of carboxylic acids is 1. The summed E-state index contributed by atoms with van der Waals surface area (Å²) in [5.41, 5.74) is 3.13. The van der Waals surface area contributed by atoms with Crippen molar-refractivity contribution in [2.45, 2.75) is 64.6 Å². The number of rotatable bonds is 13. The molecule has 0 saturated heterocycles. The molecule has 7 nitrogen and oxygen atoms in total. The molecule has 1 heterocycles. The first kappa shape index (κ1) is 27.9. The number of halogens is 1. The van der Waals surface area contributed by atoms with Gasteiger partial charge in [-0.1, -0.05) is 55.6 Å². The highest BCUT2D eigenvalue weighted by molar-refractivity contribution is 6.30. The van der Waals surface area contributed by atoms with Crippen LogP contribution in [-0.2, 0) is 24.3 Å². The van der Waals surface area contributed by atoms with Crippen molar-refractivity contribution in [3.63, 3.8) is 0 Å². The van der Waals surface area contributed by atoms with E-state index in [9.17, 15) is 20.1 Å². The molecule has 0 aliphatic heterocycles. The first-order valence-electron chi connectivity index (χ1n) is 13.4. The minimum atomic E-state index is -0.820. The highest BCUT2D eigenvalue weighted by Crippen LogP contribution is 2.33. The van der Waals surface area contributed by atoms with Gasteiger partial charge < -0.3 is 20.1 Å². The van der Waals surface area contributed by atoms with Crippen LogP contribution in [0.1, 0.15) is 61.8 Å². The van der Waals surface area contributed by atoms with Gasteiger partial charge >= 0.3 is 5.97 Å². The lowest BCUT2D eigenvalue weighted by Crippen LogP contribution is -2.34. The quantitative estimate of drug-likeness (QED) is 0.232. The van der Waals surface area contributed by atoms with Crippen LogP contribution in [0.3, 0.4) is 0 Å². The molecule has 0 spiro atoms. The Bertz CT molecular complexity index is 1180. The molecule has 0 bridgehead atoms. The Morgan fingerprint density at radius 3 is 2.39 bits per heavy atom. The molecular weight excluding hydrogens is 504 g/mol. The second-order valence-electron chi connectivity index (χ2n) is 10.1. The molecule has 3 aromatic rings. The van der Waals surface area contributed by atoms with E-state index in [0.717, 1.165) is 35.4 Å². The first-order valence-corrected chi connectivity index (χ1v) is 13.7. The second kappa shape index (κ2) is 13.1. The van der Waals surface area contributed by atoms with E-state index < -0.39 is 5.97 Å². The van der Waals surface area contributed by atoms with Crippen LogP contribution < -0.4 is 4.74 Å². The minimum Gasteiger partial charge on any atom is -0.494 e. The summed E-state index contributed by atoms with van der Waals surface area (Å²) in [6.45, 7) is 4.18. The molecule has 1 aromatic heterocycles. The van der Waals surface area contributed by atoms with E-state index in [1.54, 1.807) is 0 Å². The number of benzene rings is 2. The Kier molecular flexibility index (Phi) is 9.58. The molecule has 1 atom stereocenters. The van der Waals surface area contributed by atoms with Crippen LogP contribution >= 0.6 is 11.6 Å². The molecule has 1 aliphatic carbocycles. The third-order valence-corrected chi connectivity index (χ3v) is 7.68. The van der Waals surface area contributed by atoms with Crippen LogP contribution in [0.2, 0.25) is 5.02 Å². The van der Waals surface area contributed by atoms with Gasteiger partial charge in [-0.25, -0.2) is 0 Å². The Morgan fingerprint density at radius 2 is 1.76 bits per heavy atom. The molecule has 1 fully saturated rings. The molecule has 3 N–H and O–H groups in total. The maximum absolute atomic E-state index is 11.9. The average molecular weight is 541 g/mol. The highest BCUT2D eigenvalue weighted by atomic mass is 35.5. The zero-order valence-electron chi connectivity index (χ0n) is 21.9. The molecule has 0 amide bonds. The minimum absolute atomic E-state index is 0.00359. The predicted molar refractivity (Wildman–Crippen MR) is 148 cm³/mol. The highest BCUT2D eigenvalue weighted by Gasteiger charge is 2.27. The zero-order chi connectivity index (χ0) is 27.1. The van der Waals surface area contributed by atoms with Crippen LogP contribution in [0.5, 0.6) is 17.5 Å². The number of aromatic hydroxyl groups is 2. The van der Waals surface area contributed by atoms with Crippen molar-refractivity contribution in [1.82, 2.24) is 9.47 Å². The van der Waals surface area contributed by atoms with Gasteiger partial charge in [-0.15, -0.1) is 0 Å². The molecule has 4 rings (SSSR count). The summed E-state index contributed by atoms with van der Waals surface area (Å²) >= 11 is 6.13. The maximum Gasteiger partial charge on any atom is 0.305 e. The summed E-state index contributed by atoms with van der Waals surface area (Å²) in [6, 6.07) is 16.3. The number of carboxylic acid groups (broad SMARTS) is 1. The Morgan fingerprint density at radius 1 is 1.08 bits per heavy atom. The van der Waals surface area contributed by atoms with Crippen LogP contribution in [0, 0.1) is 5.92 Å². The fourth-order valence-corrected chi connectivity index (χ4v) is 5.57. The molecule has 1 unspecified atom stereocenters. The number of aliphatic carboxylic acids is 1. The molecule has 204 valence electrons. The summed E-state index contributed by atoms with van der Waals surface area (Å²) in [5, 5.41) is 30.1. The van der Waals surface area contributed by atoms with Gasteiger partial charge in [0.25, 0.3) is 0 Å². The number of carbonyl (C=O) groups is 1. The van der Waals surface area contributed by atoms with Crippen LogP contribution in [-0.4, -0.2) is 43.9 Å². The first-order chi connectivity index (χ1) is 18.3. The van der Waals surface area contributed by atoms with E-state index in [2.05, 4.69) is 17.9 Å². The van der Waals surface area contributed by atoms with Crippen molar-refractivity contribution >= 4 is 17.6 Å². The molecule has 38 heavy (non-hydrogen) atoms. The van der Waals surface area contributed by atoms with E-state index in [-0.39, 0.29) is 24.2 Å². The largest absolute Gasteiger partial charge is 0.494 e. The standard InChI is InChI=1S/C30H37ClN2O5/c1-2-23-17-22(7-12-27(23)38-16-15-33-28(34)13-14-29(33)35)20-32(19-21-5-3-4-6-21)26(18-30(36)37)24-8-10-25(31)11-9-24/h7-14,17,21,26,34-35H,2-6,15-16,18-20H2,1H3,(H,36,37). The molecule has 2 aromatic carbocycles. The third-order valence-electron chi connectivity index (χ3n) is 7.43. The van der Waals surface area contributed by atoms with E-state index >= 15 is 0 Å². The van der Waals surface area contributed by atoms with Gasteiger partial charge in [-0.3, -0.25) is 14.3 Å². The van der Waals surface area contributed by atoms with E-state index in [1.807, 2.05) is 36.4 Å². The van der Waals surface area contributed by atoms with Gasteiger partial charge in [0.1, 0.15) is 12.4 Å². The Balaban J connectivity index is 1.53. The topological polar surface area (TPSA) is 95.2 Å². The molecular formula is C30H37ClN2O5. The van der Waals surface area contributed by atoms with Crippen molar-refractivity contribution < 1.29 is 24.9 Å². The monoisotopic (exact) mass is 540 g/mol. The summed E-state index contributed by atoms with van der Waals surface area (Å²) in [7, 11) is 0. The van der Waals surface area contributed by atoms with Crippen LogP contribution in [0.15, 0.2) is 54.6 Å². The van der Waals surface area contributed by atoms with Gasteiger partial charge in [-0.2, -0.15) is 0 Å². The zero-order valence-corrected chi connectivity index (χ0v) is 22.6. The van der Waals surface area contributed by atoms with E-state index in [1.165, 1.54) is 42.4 Å². The van der Waals surface area contributed by atoms with Crippen molar-refractivity contribution in [1.29, 1.82) is 0 Å². The summed E-state index contributed by atoms with van der Waals surface area (Å²) in [5.74, 6) is 0.504. The lowest BCUT2D eigenvalue weighted by molar-refractivity contribution is -0.138. The Hall–Kier alpha value is -3.16. The van der Waals surface area contributed by atoms with Crippen molar-refractivity contribution in [3.8, 4) is 17.5 Å². The third kappa shape index (κ3) is 7.23. The number of aromatic nitrogens is 1. The molecule has 0 radical (unpaired) electrons. The number of hydrogen-bond acceptors (Lipinski definition) is 5. The summed E-state index contributed by atoms with van der Waals surface area (Å²) < 4.78 is 7.40. The van der Waals surface area contributed by atoms with Gasteiger partial charge in [0.2, 0.25) is 0 Å². The maximum atomic E-state index is 11.9. The Labute approximate surface area is 229 Å². The van der Waals surface area contributed by atoms with Crippen LogP contribution in [0.4, 0.5) is 0 Å². The predicted octanol–water partition coefficient (Wildman–Crippen LogP) is 6.40.